The van der Waals surface area contributed by atoms with Gasteiger partial charge in [0.05, 0.1) is 18.3 Å². The number of nitrogen functional groups attached to an aromatic ring is 1. The molecular weight excluding hydrogens is 539 g/mol. The highest BCUT2D eigenvalue weighted by Crippen LogP contribution is 2.55. The van der Waals surface area contributed by atoms with Crippen molar-refractivity contribution in [3.63, 3.8) is 0 Å². The van der Waals surface area contributed by atoms with Crippen molar-refractivity contribution in [3.05, 3.63) is 52.6 Å². The first-order chi connectivity index (χ1) is 17.8. The van der Waals surface area contributed by atoms with Crippen LogP contribution >= 0.6 is 19.3 Å². The molecule has 7 atom stereocenters. The van der Waals surface area contributed by atoms with Gasteiger partial charge in [-0.2, -0.15) is 9.65 Å². The molecular formula is C24H34ClN4O8P. The number of H-pyrrole nitrogens is 1. The topological polar surface area (TPSA) is 177 Å². The first-order valence-electron chi connectivity index (χ1n) is 12.2. The monoisotopic (exact) mass is 572 g/mol. The maximum atomic E-state index is 14.3. The number of hydrogen-bond acceptors (Lipinski definition) is 9. The largest absolute Gasteiger partial charge is 0.480 e. The van der Waals surface area contributed by atoms with E-state index in [-0.39, 0.29) is 29.6 Å². The molecule has 14 heteroatoms. The molecule has 3 rings (SSSR count). The van der Waals surface area contributed by atoms with Gasteiger partial charge in [0.1, 0.15) is 23.7 Å². The summed E-state index contributed by atoms with van der Waals surface area (Å²) >= 11 is 6.75. The number of aliphatic hydroxyl groups is 1. The summed E-state index contributed by atoms with van der Waals surface area (Å²) in [7, 11) is -4.32. The first kappa shape index (κ1) is 30.1. The van der Waals surface area contributed by atoms with Crippen molar-refractivity contribution >= 4 is 31.1 Å². The van der Waals surface area contributed by atoms with Crippen LogP contribution in [0.15, 0.2) is 41.3 Å². The van der Waals surface area contributed by atoms with E-state index in [1.807, 2.05) is 13.8 Å². The third kappa shape index (κ3) is 6.39. The Kier molecular flexibility index (Phi) is 9.62. The summed E-state index contributed by atoms with van der Waals surface area (Å²) in [5.41, 5.74) is 5.37. The zero-order valence-electron chi connectivity index (χ0n) is 21.6. The van der Waals surface area contributed by atoms with Crippen LogP contribution in [-0.4, -0.2) is 62.2 Å². The number of ether oxygens (including phenoxy) is 1. The molecule has 1 aromatic carbocycles. The van der Waals surface area contributed by atoms with Gasteiger partial charge in [0.15, 0.2) is 5.06 Å². The Labute approximate surface area is 225 Å². The summed E-state index contributed by atoms with van der Waals surface area (Å²) in [6, 6.07) is 7.02. The fourth-order valence-corrected chi connectivity index (χ4v) is 6.47. The fraction of sp³-hybridized carbons (Fsp3) is 0.542. The van der Waals surface area contributed by atoms with Crippen LogP contribution in [0.5, 0.6) is 5.75 Å². The summed E-state index contributed by atoms with van der Waals surface area (Å²) in [5.74, 6) is -1.95. The van der Waals surface area contributed by atoms with Gasteiger partial charge in [0, 0.05) is 18.7 Å². The van der Waals surface area contributed by atoms with Gasteiger partial charge in [-0.25, -0.2) is 9.36 Å². The normalized spacial score (nSPS) is 26.6. The van der Waals surface area contributed by atoms with E-state index in [0.29, 0.717) is 6.42 Å². The number of carboxylic acids is 1. The second kappa shape index (κ2) is 12.1. The molecule has 210 valence electrons. The average molecular weight is 573 g/mol. The highest BCUT2D eigenvalue weighted by atomic mass is 35.5. The lowest BCUT2D eigenvalue weighted by atomic mass is 9.94. The minimum Gasteiger partial charge on any atom is -0.480 e. The zero-order valence-corrected chi connectivity index (χ0v) is 23.3. The van der Waals surface area contributed by atoms with Gasteiger partial charge in [-0.3, -0.25) is 9.32 Å². The number of aromatic nitrogens is 2. The summed E-state index contributed by atoms with van der Waals surface area (Å²) in [4.78, 5) is 29.5. The standard InChI is InChI=1S/C24H34ClN4O8P/c1-5-14(2)12-29(16(4)22(31)32)38(34,37-17-9-7-6-8-10-17)35-13-19-20(30)15(3)24(25,36-19)18-11-27-23(33)28-21(18)26/h6-11,14-16,19-20,30H,5,12-13H2,1-4H3,(H,31,32)(H3,26,27,28,33)/t14?,15-,16?,19-,20+,24-,38-/m1/s1. The van der Waals surface area contributed by atoms with E-state index in [1.165, 1.54) is 17.8 Å². The van der Waals surface area contributed by atoms with Crippen molar-refractivity contribution in [3.8, 4) is 5.75 Å². The third-order valence-corrected chi connectivity index (χ3v) is 9.38. The highest BCUT2D eigenvalue weighted by Gasteiger charge is 2.54. The van der Waals surface area contributed by atoms with Crippen molar-refractivity contribution in [1.29, 1.82) is 0 Å². The molecule has 0 aliphatic carbocycles. The molecule has 1 aliphatic rings. The highest BCUT2D eigenvalue weighted by molar-refractivity contribution is 7.51. The molecule has 2 aromatic rings. The second-order valence-electron chi connectivity index (χ2n) is 9.40. The van der Waals surface area contributed by atoms with Crippen molar-refractivity contribution in [2.45, 2.75) is 57.4 Å². The van der Waals surface area contributed by atoms with Gasteiger partial charge >= 0.3 is 19.4 Å². The number of alkyl halides is 1. The molecule has 0 radical (unpaired) electrons. The third-order valence-electron chi connectivity index (χ3n) is 6.69. The van der Waals surface area contributed by atoms with Crippen LogP contribution in [0.3, 0.4) is 0 Å². The number of carbonyl (C=O) groups is 1. The minimum atomic E-state index is -4.32. The Morgan fingerprint density at radius 1 is 1.37 bits per heavy atom. The van der Waals surface area contributed by atoms with Crippen molar-refractivity contribution in [2.24, 2.45) is 11.8 Å². The van der Waals surface area contributed by atoms with E-state index < -0.39 is 55.2 Å². The van der Waals surface area contributed by atoms with E-state index in [2.05, 4.69) is 9.97 Å². The molecule has 5 N–H and O–H groups in total. The fourth-order valence-electron chi connectivity index (χ4n) is 4.04. The molecule has 1 aliphatic heterocycles. The van der Waals surface area contributed by atoms with Gasteiger partial charge in [-0.05, 0) is 25.0 Å². The smallest absolute Gasteiger partial charge is 0.462 e. The molecule has 0 amide bonds. The molecule has 0 bridgehead atoms. The number of benzene rings is 1. The van der Waals surface area contributed by atoms with Crippen LogP contribution in [0, 0.1) is 11.8 Å². The van der Waals surface area contributed by atoms with Gasteiger partial charge < -0.3 is 30.2 Å². The molecule has 0 saturated carbocycles. The van der Waals surface area contributed by atoms with Crippen LogP contribution in [-0.2, 0) is 23.7 Å². The number of hydrogen-bond donors (Lipinski definition) is 4. The van der Waals surface area contributed by atoms with Gasteiger partial charge in [-0.15, -0.1) is 0 Å². The van der Waals surface area contributed by atoms with E-state index in [4.69, 9.17) is 31.1 Å². The molecule has 2 heterocycles. The molecule has 12 nitrogen and oxygen atoms in total. The summed E-state index contributed by atoms with van der Waals surface area (Å²) in [6.07, 6.45) is -0.355. The molecule has 2 unspecified atom stereocenters. The summed E-state index contributed by atoms with van der Waals surface area (Å²) < 4.78 is 33.1. The number of nitrogens with one attached hydrogen (secondary N) is 1. The van der Waals surface area contributed by atoms with Crippen molar-refractivity contribution in [1.82, 2.24) is 14.6 Å². The number of carboxylic acid groups (broad SMARTS) is 1. The van der Waals surface area contributed by atoms with E-state index >= 15 is 0 Å². The number of aliphatic hydroxyl groups excluding tert-OH is 1. The Bertz CT molecular complexity index is 1220. The Hall–Kier alpha value is -2.47. The Balaban J connectivity index is 1.93. The maximum absolute atomic E-state index is 14.3. The predicted octanol–water partition coefficient (Wildman–Crippen LogP) is 3.16. The second-order valence-corrected chi connectivity index (χ2v) is 11.9. The Morgan fingerprint density at radius 3 is 2.61 bits per heavy atom. The lowest BCUT2D eigenvalue weighted by Gasteiger charge is -2.34. The number of nitrogens with two attached hydrogens (primary N) is 1. The van der Waals surface area contributed by atoms with Crippen molar-refractivity contribution in [2.75, 3.05) is 18.9 Å². The lowest BCUT2D eigenvalue weighted by molar-refractivity contribution is -0.141. The predicted molar refractivity (Wildman–Crippen MR) is 141 cm³/mol. The summed E-state index contributed by atoms with van der Waals surface area (Å²) in [6.45, 7) is 6.49. The summed E-state index contributed by atoms with van der Waals surface area (Å²) in [5, 5.41) is 19.0. The van der Waals surface area contributed by atoms with Crippen LogP contribution in [0.1, 0.15) is 39.7 Å². The zero-order chi connectivity index (χ0) is 28.3. The number of nitrogens with zero attached hydrogens (tertiary/aromatic N) is 2. The van der Waals surface area contributed by atoms with Crippen LogP contribution < -0.4 is 15.9 Å². The van der Waals surface area contributed by atoms with E-state index in [9.17, 15) is 24.4 Å². The number of aromatic amines is 1. The minimum absolute atomic E-state index is 0.0346. The van der Waals surface area contributed by atoms with Crippen LogP contribution in [0.4, 0.5) is 5.82 Å². The maximum Gasteiger partial charge on any atom is 0.462 e. The quantitative estimate of drug-likeness (QED) is 0.217. The van der Waals surface area contributed by atoms with Gasteiger partial charge in [-0.1, -0.05) is 57.0 Å². The van der Waals surface area contributed by atoms with Crippen molar-refractivity contribution < 1.29 is 33.4 Å². The number of aliphatic carboxylic acids is 1. The lowest BCUT2D eigenvalue weighted by Crippen LogP contribution is -2.41. The first-order valence-corrected chi connectivity index (χ1v) is 14.1. The molecule has 0 spiro atoms. The van der Waals surface area contributed by atoms with Gasteiger partial charge in [0.2, 0.25) is 0 Å². The van der Waals surface area contributed by atoms with E-state index in [1.54, 1.807) is 37.3 Å². The molecule has 1 fully saturated rings. The molecule has 38 heavy (non-hydrogen) atoms. The SMILES string of the molecule is CCC(C)CN(C(C)C(=O)O)[P@@](=O)(OC[C@H]1O[C@@](Cl)(c2c[nH]c(=O)nc2N)[C@H](C)[C@@H]1O)Oc1ccccc1. The number of anilines is 1. The van der Waals surface area contributed by atoms with Crippen LogP contribution in [0.2, 0.25) is 0 Å². The van der Waals surface area contributed by atoms with E-state index in [0.717, 1.165) is 0 Å². The van der Waals surface area contributed by atoms with Gasteiger partial charge in [0.25, 0.3) is 0 Å². The number of para-hydroxylation sites is 1. The average Bonchev–Trinajstić information content (AvgIpc) is 3.10. The Morgan fingerprint density at radius 2 is 2.03 bits per heavy atom. The number of halogens is 1. The number of rotatable bonds is 12. The molecule has 1 saturated heterocycles. The van der Waals surface area contributed by atoms with Crippen LogP contribution in [0.25, 0.3) is 0 Å². The molecule has 1 aromatic heterocycles.